The van der Waals surface area contributed by atoms with Crippen LogP contribution in [0.4, 0.5) is 0 Å². The molecule has 0 spiro atoms. The Balaban J connectivity index is 2.03. The number of hydrogen-bond donors (Lipinski definition) is 0. The van der Waals surface area contributed by atoms with Gasteiger partial charge in [-0.25, -0.2) is 4.79 Å². The number of ether oxygens (including phenoxy) is 2. The van der Waals surface area contributed by atoms with Crippen LogP contribution in [-0.2, 0) is 4.79 Å². The molecule has 0 aliphatic carbocycles. The molecule has 0 N–H and O–H groups in total. The number of methoxy groups -OCH3 is 1. The summed E-state index contributed by atoms with van der Waals surface area (Å²) in [7, 11) is 1.62. The zero-order valence-electron chi connectivity index (χ0n) is 11.8. The second-order valence-electron chi connectivity index (χ2n) is 4.44. The molecule has 2 aromatic rings. The normalized spacial score (nSPS) is 10.6. The summed E-state index contributed by atoms with van der Waals surface area (Å²) in [5.41, 5.74) is 1.91. The number of aryl methyl sites for hydroxylation is 1. The van der Waals surface area contributed by atoms with Gasteiger partial charge in [-0.3, -0.25) is 0 Å². The van der Waals surface area contributed by atoms with Crippen molar-refractivity contribution in [1.82, 2.24) is 0 Å². The third kappa shape index (κ3) is 4.36. The van der Waals surface area contributed by atoms with Crippen molar-refractivity contribution < 1.29 is 14.3 Å². The molecule has 108 valence electrons. The van der Waals surface area contributed by atoms with E-state index in [0.29, 0.717) is 10.8 Å². The van der Waals surface area contributed by atoms with E-state index in [9.17, 15) is 4.79 Å². The Labute approximate surface area is 128 Å². The summed E-state index contributed by atoms with van der Waals surface area (Å²) in [5, 5.41) is 0.595. The van der Waals surface area contributed by atoms with Crippen LogP contribution in [0.15, 0.2) is 48.5 Å². The monoisotopic (exact) mass is 302 g/mol. The molecule has 0 amide bonds. The van der Waals surface area contributed by atoms with Gasteiger partial charge in [-0.1, -0.05) is 23.7 Å². The Bertz CT molecular complexity index is 660. The van der Waals surface area contributed by atoms with E-state index in [-0.39, 0.29) is 0 Å². The van der Waals surface area contributed by atoms with Gasteiger partial charge < -0.3 is 9.47 Å². The van der Waals surface area contributed by atoms with Crippen LogP contribution in [0.2, 0.25) is 5.02 Å². The highest BCUT2D eigenvalue weighted by atomic mass is 35.5. The predicted octanol–water partition coefficient (Wildman–Crippen LogP) is 4.28. The maximum absolute atomic E-state index is 11.7. The molecule has 0 aliphatic heterocycles. The molecule has 0 aliphatic rings. The molecule has 0 radical (unpaired) electrons. The van der Waals surface area contributed by atoms with Crippen molar-refractivity contribution >= 4 is 23.6 Å². The van der Waals surface area contributed by atoms with Crippen LogP contribution in [0.25, 0.3) is 6.08 Å². The molecule has 0 saturated carbocycles. The van der Waals surface area contributed by atoms with Gasteiger partial charge in [0, 0.05) is 11.1 Å². The van der Waals surface area contributed by atoms with Crippen molar-refractivity contribution in [3.8, 4) is 11.5 Å². The molecular formula is C17H15ClO3. The van der Waals surface area contributed by atoms with Crippen LogP contribution in [0.5, 0.6) is 11.5 Å². The van der Waals surface area contributed by atoms with Crippen LogP contribution in [-0.4, -0.2) is 13.1 Å². The molecule has 0 aromatic heterocycles. The van der Waals surface area contributed by atoms with Gasteiger partial charge in [-0.05, 0) is 54.5 Å². The smallest absolute Gasteiger partial charge is 0.336 e. The van der Waals surface area contributed by atoms with E-state index in [0.717, 1.165) is 16.9 Å². The first-order valence-electron chi connectivity index (χ1n) is 6.38. The minimum absolute atomic E-state index is 0.447. The lowest BCUT2D eigenvalue weighted by Gasteiger charge is -2.05. The van der Waals surface area contributed by atoms with Gasteiger partial charge in [0.2, 0.25) is 0 Å². The van der Waals surface area contributed by atoms with Crippen LogP contribution in [0.3, 0.4) is 0 Å². The van der Waals surface area contributed by atoms with E-state index in [2.05, 4.69) is 0 Å². The molecule has 0 bridgehead atoms. The molecule has 0 unspecified atom stereocenters. The van der Waals surface area contributed by atoms with Crippen LogP contribution in [0, 0.1) is 6.92 Å². The summed E-state index contributed by atoms with van der Waals surface area (Å²) in [4.78, 5) is 11.7. The standard InChI is InChI=1S/C17H15ClO3/c1-12-3-4-13(11-16(12)20-2)5-10-17(19)21-15-8-6-14(18)7-9-15/h3-11H,1-2H3/b10-5+. The van der Waals surface area contributed by atoms with E-state index in [1.54, 1.807) is 37.5 Å². The Morgan fingerprint density at radius 2 is 1.86 bits per heavy atom. The van der Waals surface area contributed by atoms with Crippen LogP contribution in [0.1, 0.15) is 11.1 Å². The molecule has 0 fully saturated rings. The van der Waals surface area contributed by atoms with Crippen molar-refractivity contribution in [2.24, 2.45) is 0 Å². The zero-order chi connectivity index (χ0) is 15.2. The second kappa shape index (κ2) is 6.95. The van der Waals surface area contributed by atoms with Gasteiger partial charge in [-0.15, -0.1) is 0 Å². The predicted molar refractivity (Wildman–Crippen MR) is 83.9 cm³/mol. The first-order chi connectivity index (χ1) is 10.1. The fourth-order valence-corrected chi connectivity index (χ4v) is 1.88. The molecule has 3 nitrogen and oxygen atoms in total. The lowest BCUT2D eigenvalue weighted by molar-refractivity contribution is -0.128. The molecule has 0 atom stereocenters. The molecule has 21 heavy (non-hydrogen) atoms. The minimum atomic E-state index is -0.447. The van der Waals surface area contributed by atoms with Crippen molar-refractivity contribution in [1.29, 1.82) is 0 Å². The summed E-state index contributed by atoms with van der Waals surface area (Å²) in [5.74, 6) is 0.788. The molecule has 2 rings (SSSR count). The number of halogens is 1. The Kier molecular flexibility index (Phi) is 5.01. The van der Waals surface area contributed by atoms with Crippen LogP contribution >= 0.6 is 11.6 Å². The van der Waals surface area contributed by atoms with Gasteiger partial charge in [0.05, 0.1) is 7.11 Å². The quantitative estimate of drug-likeness (QED) is 0.480. The number of carbonyl (C=O) groups excluding carboxylic acids is 1. The van der Waals surface area contributed by atoms with E-state index in [4.69, 9.17) is 21.1 Å². The lowest BCUT2D eigenvalue weighted by Crippen LogP contribution is -2.03. The van der Waals surface area contributed by atoms with Gasteiger partial charge in [0.1, 0.15) is 11.5 Å². The fourth-order valence-electron chi connectivity index (χ4n) is 1.76. The van der Waals surface area contributed by atoms with Crippen molar-refractivity contribution in [3.05, 3.63) is 64.7 Å². The Hall–Kier alpha value is -2.26. The first kappa shape index (κ1) is 15.1. The molecule has 0 saturated heterocycles. The Morgan fingerprint density at radius 1 is 1.14 bits per heavy atom. The summed E-state index contributed by atoms with van der Waals surface area (Å²) in [6.07, 6.45) is 3.05. The maximum Gasteiger partial charge on any atom is 0.336 e. The van der Waals surface area contributed by atoms with Crippen molar-refractivity contribution in [3.63, 3.8) is 0 Å². The summed E-state index contributed by atoms with van der Waals surface area (Å²) in [6, 6.07) is 12.3. The summed E-state index contributed by atoms with van der Waals surface area (Å²) < 4.78 is 10.4. The van der Waals surface area contributed by atoms with E-state index in [1.165, 1.54) is 6.08 Å². The average Bonchev–Trinajstić information content (AvgIpc) is 2.49. The number of benzene rings is 2. The molecule has 2 aromatic carbocycles. The van der Waals surface area contributed by atoms with Gasteiger partial charge >= 0.3 is 5.97 Å². The third-order valence-electron chi connectivity index (χ3n) is 2.88. The van der Waals surface area contributed by atoms with Crippen molar-refractivity contribution in [2.45, 2.75) is 6.92 Å². The summed E-state index contributed by atoms with van der Waals surface area (Å²) in [6.45, 7) is 1.96. The number of esters is 1. The van der Waals surface area contributed by atoms with Gasteiger partial charge in [-0.2, -0.15) is 0 Å². The lowest BCUT2D eigenvalue weighted by atomic mass is 10.1. The minimum Gasteiger partial charge on any atom is -0.496 e. The number of rotatable bonds is 4. The fraction of sp³-hybridized carbons (Fsp3) is 0.118. The third-order valence-corrected chi connectivity index (χ3v) is 3.13. The number of carbonyl (C=O) groups is 1. The highest BCUT2D eigenvalue weighted by Gasteiger charge is 2.02. The van der Waals surface area contributed by atoms with E-state index in [1.807, 2.05) is 25.1 Å². The zero-order valence-corrected chi connectivity index (χ0v) is 12.6. The maximum atomic E-state index is 11.7. The summed E-state index contributed by atoms with van der Waals surface area (Å²) >= 11 is 5.76. The van der Waals surface area contributed by atoms with Gasteiger partial charge in [0.25, 0.3) is 0 Å². The van der Waals surface area contributed by atoms with Crippen molar-refractivity contribution in [2.75, 3.05) is 7.11 Å². The SMILES string of the molecule is COc1cc(/C=C/C(=O)Oc2ccc(Cl)cc2)ccc1C. The van der Waals surface area contributed by atoms with E-state index < -0.39 is 5.97 Å². The topological polar surface area (TPSA) is 35.5 Å². The first-order valence-corrected chi connectivity index (χ1v) is 6.76. The Morgan fingerprint density at radius 3 is 2.52 bits per heavy atom. The molecule has 4 heteroatoms. The second-order valence-corrected chi connectivity index (χ2v) is 4.87. The van der Waals surface area contributed by atoms with Gasteiger partial charge in [0.15, 0.2) is 0 Å². The average molecular weight is 303 g/mol. The largest absolute Gasteiger partial charge is 0.496 e. The highest BCUT2D eigenvalue weighted by molar-refractivity contribution is 6.30. The van der Waals surface area contributed by atoms with Crippen LogP contribution < -0.4 is 9.47 Å². The molecular weight excluding hydrogens is 288 g/mol. The molecule has 0 heterocycles. The highest BCUT2D eigenvalue weighted by Crippen LogP contribution is 2.20. The number of hydrogen-bond acceptors (Lipinski definition) is 3. The van der Waals surface area contributed by atoms with E-state index >= 15 is 0 Å².